The van der Waals surface area contributed by atoms with Crippen LogP contribution in [-0.2, 0) is 13.0 Å². The van der Waals surface area contributed by atoms with Crippen LogP contribution < -0.4 is 4.74 Å². The summed E-state index contributed by atoms with van der Waals surface area (Å²) in [5, 5.41) is 0. The summed E-state index contributed by atoms with van der Waals surface area (Å²) in [5.41, 5.74) is 2.76. The quantitative estimate of drug-likeness (QED) is 0.618. The van der Waals surface area contributed by atoms with Crippen LogP contribution in [0.4, 0.5) is 0 Å². The predicted molar refractivity (Wildman–Crippen MR) is 95.7 cm³/mol. The van der Waals surface area contributed by atoms with E-state index in [1.54, 1.807) is 0 Å². The maximum atomic E-state index is 5.94. The molecule has 126 valence electrons. The second kappa shape index (κ2) is 10.6. The van der Waals surface area contributed by atoms with E-state index >= 15 is 0 Å². The Labute approximate surface area is 137 Å². The molecule has 0 spiro atoms. The van der Waals surface area contributed by atoms with Gasteiger partial charge in [-0.3, -0.25) is 4.90 Å². The first-order valence-corrected chi connectivity index (χ1v) is 8.72. The van der Waals surface area contributed by atoms with Gasteiger partial charge in [0.05, 0.1) is 6.61 Å². The summed E-state index contributed by atoms with van der Waals surface area (Å²) in [7, 11) is 4.26. The highest BCUT2D eigenvalue weighted by molar-refractivity contribution is 5.37. The molecular formula is C19H34N2O. The number of rotatable bonds is 11. The van der Waals surface area contributed by atoms with Gasteiger partial charge < -0.3 is 9.64 Å². The molecule has 3 nitrogen and oxygen atoms in total. The SMILES string of the molecule is CCCOc1ccc(CCCN(C)C)cc1CN(CC)CC. The van der Waals surface area contributed by atoms with Crippen LogP contribution in [0.1, 0.15) is 44.7 Å². The Morgan fingerprint density at radius 3 is 2.36 bits per heavy atom. The third kappa shape index (κ3) is 6.80. The number of benzene rings is 1. The van der Waals surface area contributed by atoms with Gasteiger partial charge in [-0.25, -0.2) is 0 Å². The maximum Gasteiger partial charge on any atom is 0.123 e. The molecule has 1 rings (SSSR count). The fraction of sp³-hybridized carbons (Fsp3) is 0.684. The first-order valence-electron chi connectivity index (χ1n) is 8.72. The molecule has 0 aromatic heterocycles. The van der Waals surface area contributed by atoms with Gasteiger partial charge in [0.25, 0.3) is 0 Å². The summed E-state index contributed by atoms with van der Waals surface area (Å²) in [4.78, 5) is 4.69. The van der Waals surface area contributed by atoms with E-state index in [0.29, 0.717) is 0 Å². The fourth-order valence-corrected chi connectivity index (χ4v) is 2.55. The Balaban J connectivity index is 2.80. The van der Waals surface area contributed by atoms with Crippen molar-refractivity contribution in [2.75, 3.05) is 40.3 Å². The highest BCUT2D eigenvalue weighted by atomic mass is 16.5. The average Bonchev–Trinajstić information content (AvgIpc) is 2.51. The Morgan fingerprint density at radius 2 is 1.77 bits per heavy atom. The molecule has 1 aromatic rings. The third-order valence-corrected chi connectivity index (χ3v) is 3.95. The molecular weight excluding hydrogens is 272 g/mol. The van der Waals surface area contributed by atoms with E-state index in [0.717, 1.165) is 51.4 Å². The first kappa shape index (κ1) is 19.0. The minimum Gasteiger partial charge on any atom is -0.493 e. The molecule has 0 unspecified atom stereocenters. The van der Waals surface area contributed by atoms with E-state index in [1.807, 2.05) is 0 Å². The normalized spacial score (nSPS) is 11.4. The lowest BCUT2D eigenvalue weighted by molar-refractivity contribution is 0.276. The number of hydrogen-bond acceptors (Lipinski definition) is 3. The summed E-state index contributed by atoms with van der Waals surface area (Å²) in [5.74, 6) is 1.06. The van der Waals surface area contributed by atoms with Crippen LogP contribution >= 0.6 is 0 Å². The van der Waals surface area contributed by atoms with Gasteiger partial charge in [-0.15, -0.1) is 0 Å². The Bertz CT molecular complexity index is 414. The Kier molecular flexibility index (Phi) is 9.17. The van der Waals surface area contributed by atoms with Crippen molar-refractivity contribution >= 4 is 0 Å². The molecule has 3 heteroatoms. The number of ether oxygens (including phenoxy) is 1. The van der Waals surface area contributed by atoms with Crippen molar-refractivity contribution in [2.45, 2.75) is 46.6 Å². The largest absolute Gasteiger partial charge is 0.493 e. The molecule has 0 saturated heterocycles. The molecule has 0 aliphatic heterocycles. The molecule has 0 radical (unpaired) electrons. The molecule has 0 saturated carbocycles. The van der Waals surface area contributed by atoms with E-state index in [2.05, 4.69) is 62.9 Å². The van der Waals surface area contributed by atoms with Gasteiger partial charge in [0.2, 0.25) is 0 Å². The zero-order valence-corrected chi connectivity index (χ0v) is 15.2. The molecule has 0 atom stereocenters. The van der Waals surface area contributed by atoms with E-state index in [1.165, 1.54) is 17.5 Å². The van der Waals surface area contributed by atoms with E-state index in [-0.39, 0.29) is 0 Å². The van der Waals surface area contributed by atoms with Crippen molar-refractivity contribution in [1.29, 1.82) is 0 Å². The van der Waals surface area contributed by atoms with Crippen LogP contribution in [0.25, 0.3) is 0 Å². The summed E-state index contributed by atoms with van der Waals surface area (Å²) < 4.78 is 5.94. The first-order chi connectivity index (χ1) is 10.6. The lowest BCUT2D eigenvalue weighted by Crippen LogP contribution is -2.22. The van der Waals surface area contributed by atoms with E-state index < -0.39 is 0 Å². The monoisotopic (exact) mass is 306 g/mol. The Hall–Kier alpha value is -1.06. The van der Waals surface area contributed by atoms with Crippen LogP contribution in [-0.4, -0.2) is 50.1 Å². The minimum atomic E-state index is 0.797. The molecule has 0 aliphatic rings. The van der Waals surface area contributed by atoms with E-state index in [9.17, 15) is 0 Å². The van der Waals surface area contributed by atoms with Crippen molar-refractivity contribution in [3.05, 3.63) is 29.3 Å². The zero-order chi connectivity index (χ0) is 16.4. The van der Waals surface area contributed by atoms with Gasteiger partial charge in [0.15, 0.2) is 0 Å². The fourth-order valence-electron chi connectivity index (χ4n) is 2.55. The third-order valence-electron chi connectivity index (χ3n) is 3.95. The molecule has 0 heterocycles. The summed E-state index contributed by atoms with van der Waals surface area (Å²) in [6.07, 6.45) is 3.39. The lowest BCUT2D eigenvalue weighted by atomic mass is 10.0. The van der Waals surface area contributed by atoms with Crippen molar-refractivity contribution in [1.82, 2.24) is 9.80 Å². The minimum absolute atomic E-state index is 0.797. The van der Waals surface area contributed by atoms with Gasteiger partial charge in [-0.2, -0.15) is 0 Å². The van der Waals surface area contributed by atoms with Crippen LogP contribution in [0, 0.1) is 0 Å². The van der Waals surface area contributed by atoms with Crippen molar-refractivity contribution < 1.29 is 4.74 Å². The van der Waals surface area contributed by atoms with Crippen LogP contribution in [0.15, 0.2) is 18.2 Å². The molecule has 22 heavy (non-hydrogen) atoms. The zero-order valence-electron chi connectivity index (χ0n) is 15.2. The van der Waals surface area contributed by atoms with Gasteiger partial charge in [0.1, 0.15) is 5.75 Å². The highest BCUT2D eigenvalue weighted by Crippen LogP contribution is 2.23. The van der Waals surface area contributed by atoms with Gasteiger partial charge in [-0.1, -0.05) is 32.9 Å². The highest BCUT2D eigenvalue weighted by Gasteiger charge is 2.09. The van der Waals surface area contributed by atoms with E-state index in [4.69, 9.17) is 4.74 Å². The predicted octanol–water partition coefficient (Wildman–Crippen LogP) is 3.81. The molecule has 1 aromatic carbocycles. The lowest BCUT2D eigenvalue weighted by Gasteiger charge is -2.21. The summed E-state index contributed by atoms with van der Waals surface area (Å²) >= 11 is 0. The van der Waals surface area contributed by atoms with Crippen molar-refractivity contribution in [3.63, 3.8) is 0 Å². The molecule has 0 amide bonds. The van der Waals surface area contributed by atoms with Gasteiger partial charge in [0, 0.05) is 12.1 Å². The number of hydrogen-bond donors (Lipinski definition) is 0. The molecule has 0 N–H and O–H groups in total. The smallest absolute Gasteiger partial charge is 0.123 e. The van der Waals surface area contributed by atoms with Gasteiger partial charge in [-0.05, 0) is 64.6 Å². The summed E-state index contributed by atoms with van der Waals surface area (Å²) in [6, 6.07) is 6.74. The maximum absolute atomic E-state index is 5.94. The second-order valence-corrected chi connectivity index (χ2v) is 6.16. The average molecular weight is 306 g/mol. The van der Waals surface area contributed by atoms with Gasteiger partial charge >= 0.3 is 0 Å². The van der Waals surface area contributed by atoms with Crippen molar-refractivity contribution in [3.8, 4) is 5.75 Å². The molecule has 0 bridgehead atoms. The number of aryl methyl sites for hydroxylation is 1. The molecule has 0 aliphatic carbocycles. The second-order valence-electron chi connectivity index (χ2n) is 6.16. The molecule has 0 fully saturated rings. The standard InChI is InChI=1S/C19H34N2O/c1-6-14-22-19-12-11-17(10-9-13-20(4)5)15-18(19)16-21(7-2)8-3/h11-12,15H,6-10,13-14,16H2,1-5H3. The number of nitrogens with zero attached hydrogens (tertiary/aromatic N) is 2. The van der Waals surface area contributed by atoms with Crippen LogP contribution in [0.5, 0.6) is 5.75 Å². The van der Waals surface area contributed by atoms with Crippen molar-refractivity contribution in [2.24, 2.45) is 0 Å². The van der Waals surface area contributed by atoms with Crippen LogP contribution in [0.3, 0.4) is 0 Å². The Morgan fingerprint density at radius 1 is 1.05 bits per heavy atom. The topological polar surface area (TPSA) is 15.7 Å². The van der Waals surface area contributed by atoms with Crippen LogP contribution in [0.2, 0.25) is 0 Å². The summed E-state index contributed by atoms with van der Waals surface area (Å²) in [6.45, 7) is 11.7.